The fraction of sp³-hybridized carbons (Fsp3) is 0.273. The van der Waals surface area contributed by atoms with Gasteiger partial charge in [-0.05, 0) is 25.0 Å². The minimum absolute atomic E-state index is 0.262. The molecule has 0 bridgehead atoms. The van der Waals surface area contributed by atoms with Crippen LogP contribution < -0.4 is 0 Å². The molecule has 0 aliphatic heterocycles. The van der Waals surface area contributed by atoms with Gasteiger partial charge in [0.1, 0.15) is 5.52 Å². The van der Waals surface area contributed by atoms with E-state index in [0.717, 1.165) is 22.7 Å². The molecule has 1 saturated carbocycles. The van der Waals surface area contributed by atoms with Gasteiger partial charge >= 0.3 is 5.97 Å². The monoisotopic (exact) mass is 280 g/mol. The average Bonchev–Trinajstić information content (AvgIpc) is 2.98. The first kappa shape index (κ1) is 9.84. The largest absolute Gasteiger partial charge is 0.478 e. The second-order valence-corrected chi connectivity index (χ2v) is 4.86. The molecule has 0 saturated heterocycles. The third kappa shape index (κ3) is 1.43. The van der Waals surface area contributed by atoms with Gasteiger partial charge in [-0.3, -0.25) is 4.68 Å². The highest BCUT2D eigenvalue weighted by molar-refractivity contribution is 9.10. The summed E-state index contributed by atoms with van der Waals surface area (Å²) in [5, 5.41) is 14.3. The molecule has 1 aromatic heterocycles. The summed E-state index contributed by atoms with van der Waals surface area (Å²) in [6, 6.07) is 3.80. The van der Waals surface area contributed by atoms with Crippen molar-refractivity contribution in [1.29, 1.82) is 0 Å². The summed E-state index contributed by atoms with van der Waals surface area (Å²) in [5.74, 6) is -0.932. The number of carboxylic acids is 1. The lowest BCUT2D eigenvalue weighted by atomic mass is 10.1. The average molecular weight is 281 g/mol. The third-order valence-corrected chi connectivity index (χ3v) is 3.48. The summed E-state index contributed by atoms with van der Waals surface area (Å²) in [6.45, 7) is 0. The normalized spacial score (nSPS) is 15.6. The van der Waals surface area contributed by atoms with Gasteiger partial charge < -0.3 is 5.11 Å². The van der Waals surface area contributed by atoms with Gasteiger partial charge in [0.15, 0.2) is 0 Å². The van der Waals surface area contributed by atoms with Crippen LogP contribution in [0.15, 0.2) is 22.8 Å². The number of halogens is 1. The molecule has 4 nitrogen and oxygen atoms in total. The van der Waals surface area contributed by atoms with Crippen LogP contribution in [-0.4, -0.2) is 20.9 Å². The maximum Gasteiger partial charge on any atom is 0.337 e. The predicted molar refractivity (Wildman–Crippen MR) is 62.7 cm³/mol. The molecule has 0 amide bonds. The van der Waals surface area contributed by atoms with Gasteiger partial charge in [0.05, 0.1) is 11.6 Å². The Morgan fingerprint density at radius 1 is 1.50 bits per heavy atom. The number of hydrogen-bond acceptors (Lipinski definition) is 2. The van der Waals surface area contributed by atoms with E-state index in [0.29, 0.717) is 11.6 Å². The molecule has 2 aromatic rings. The van der Waals surface area contributed by atoms with E-state index < -0.39 is 5.97 Å². The topological polar surface area (TPSA) is 55.1 Å². The van der Waals surface area contributed by atoms with Crippen molar-refractivity contribution < 1.29 is 9.90 Å². The number of fused-ring (bicyclic) bond motifs is 1. The van der Waals surface area contributed by atoms with Crippen molar-refractivity contribution in [3.05, 3.63) is 28.4 Å². The molecule has 3 rings (SSSR count). The Morgan fingerprint density at radius 3 is 2.88 bits per heavy atom. The number of hydrogen-bond donors (Lipinski definition) is 1. The second-order valence-electron chi connectivity index (χ2n) is 4.00. The number of nitrogens with zero attached hydrogens (tertiary/aromatic N) is 2. The lowest BCUT2D eigenvalue weighted by molar-refractivity contribution is 0.0699. The van der Waals surface area contributed by atoms with E-state index >= 15 is 0 Å². The minimum atomic E-state index is -0.932. The lowest BCUT2D eigenvalue weighted by Crippen LogP contribution is -1.98. The maximum atomic E-state index is 11.1. The predicted octanol–water partition coefficient (Wildman–Crippen LogP) is 2.83. The van der Waals surface area contributed by atoms with Crippen LogP contribution in [0.2, 0.25) is 0 Å². The van der Waals surface area contributed by atoms with E-state index in [9.17, 15) is 4.79 Å². The Kier molecular flexibility index (Phi) is 2.04. The van der Waals surface area contributed by atoms with E-state index in [1.54, 1.807) is 12.1 Å². The molecular formula is C11H9BrN2O2. The van der Waals surface area contributed by atoms with Gasteiger partial charge in [-0.1, -0.05) is 15.9 Å². The van der Waals surface area contributed by atoms with Crippen LogP contribution in [0.25, 0.3) is 10.9 Å². The Hall–Kier alpha value is -1.36. The van der Waals surface area contributed by atoms with E-state index in [1.165, 1.54) is 0 Å². The Labute approximate surface area is 100.0 Å². The zero-order valence-corrected chi connectivity index (χ0v) is 9.94. The summed E-state index contributed by atoms with van der Waals surface area (Å²) in [6.07, 6.45) is 4.19. The number of carboxylic acid groups (broad SMARTS) is 1. The molecule has 1 heterocycles. The third-order valence-electron chi connectivity index (χ3n) is 2.79. The first-order valence-corrected chi connectivity index (χ1v) is 5.87. The lowest BCUT2D eigenvalue weighted by Gasteiger charge is -1.96. The first-order chi connectivity index (χ1) is 7.66. The van der Waals surface area contributed by atoms with Gasteiger partial charge in [-0.25, -0.2) is 4.79 Å². The molecule has 1 N–H and O–H groups in total. The van der Waals surface area contributed by atoms with Gasteiger partial charge in [0, 0.05) is 16.1 Å². The molecule has 0 radical (unpaired) electrons. The number of aromatic nitrogens is 2. The second kappa shape index (κ2) is 3.31. The highest BCUT2D eigenvalue weighted by Crippen LogP contribution is 2.36. The molecule has 16 heavy (non-hydrogen) atoms. The van der Waals surface area contributed by atoms with Gasteiger partial charge in [-0.15, -0.1) is 0 Å². The van der Waals surface area contributed by atoms with Crippen molar-refractivity contribution in [2.75, 3.05) is 0 Å². The van der Waals surface area contributed by atoms with E-state index in [4.69, 9.17) is 5.11 Å². The maximum absolute atomic E-state index is 11.1. The standard InChI is InChI=1S/C11H9BrN2O2/c12-9-4-3-7(11(15)16)10-8(9)5-14(13-10)6-1-2-6/h3-6H,1-2H2,(H,15,16). The van der Waals surface area contributed by atoms with Crippen LogP contribution in [0.1, 0.15) is 29.2 Å². The quantitative estimate of drug-likeness (QED) is 0.920. The van der Waals surface area contributed by atoms with Gasteiger partial charge in [0.25, 0.3) is 0 Å². The van der Waals surface area contributed by atoms with Crippen molar-refractivity contribution in [3.63, 3.8) is 0 Å². The smallest absolute Gasteiger partial charge is 0.337 e. The molecule has 0 spiro atoms. The fourth-order valence-corrected chi connectivity index (χ4v) is 2.21. The zero-order chi connectivity index (χ0) is 11.3. The van der Waals surface area contributed by atoms with Crippen molar-refractivity contribution >= 4 is 32.8 Å². The Morgan fingerprint density at radius 2 is 2.25 bits per heavy atom. The number of rotatable bonds is 2. The summed E-state index contributed by atoms with van der Waals surface area (Å²) in [4.78, 5) is 11.1. The summed E-state index contributed by atoms with van der Waals surface area (Å²) in [5.41, 5.74) is 0.825. The van der Waals surface area contributed by atoms with Crippen LogP contribution in [-0.2, 0) is 0 Å². The van der Waals surface area contributed by atoms with Crippen LogP contribution in [0.5, 0.6) is 0 Å². The molecular weight excluding hydrogens is 272 g/mol. The van der Waals surface area contributed by atoms with Crippen LogP contribution >= 0.6 is 15.9 Å². The highest BCUT2D eigenvalue weighted by Gasteiger charge is 2.26. The Bertz CT molecular complexity index is 587. The molecule has 82 valence electrons. The van der Waals surface area contributed by atoms with Crippen molar-refractivity contribution in [1.82, 2.24) is 9.78 Å². The summed E-state index contributed by atoms with van der Waals surface area (Å²) in [7, 11) is 0. The minimum Gasteiger partial charge on any atom is -0.478 e. The van der Waals surface area contributed by atoms with Gasteiger partial charge in [-0.2, -0.15) is 5.10 Å². The van der Waals surface area contributed by atoms with Crippen LogP contribution in [0, 0.1) is 0 Å². The number of carbonyl (C=O) groups is 1. The molecule has 1 aliphatic carbocycles. The molecule has 1 aromatic carbocycles. The zero-order valence-electron chi connectivity index (χ0n) is 8.35. The first-order valence-electron chi connectivity index (χ1n) is 5.07. The van der Waals surface area contributed by atoms with E-state index in [-0.39, 0.29) is 5.56 Å². The molecule has 1 fully saturated rings. The number of benzene rings is 1. The van der Waals surface area contributed by atoms with E-state index in [1.807, 2.05) is 10.9 Å². The Balaban J connectivity index is 2.29. The molecule has 1 aliphatic rings. The van der Waals surface area contributed by atoms with Crippen molar-refractivity contribution in [2.24, 2.45) is 0 Å². The number of aromatic carboxylic acids is 1. The SMILES string of the molecule is O=C(O)c1ccc(Br)c2cn(C3CC3)nc12. The molecule has 0 unspecified atom stereocenters. The molecule has 0 atom stereocenters. The van der Waals surface area contributed by atoms with Crippen LogP contribution in [0.4, 0.5) is 0 Å². The van der Waals surface area contributed by atoms with Crippen molar-refractivity contribution in [3.8, 4) is 0 Å². The van der Waals surface area contributed by atoms with Crippen molar-refractivity contribution in [2.45, 2.75) is 18.9 Å². The summed E-state index contributed by atoms with van der Waals surface area (Å²) < 4.78 is 2.77. The van der Waals surface area contributed by atoms with Gasteiger partial charge in [0.2, 0.25) is 0 Å². The molecule has 5 heteroatoms. The van der Waals surface area contributed by atoms with E-state index in [2.05, 4.69) is 21.0 Å². The highest BCUT2D eigenvalue weighted by atomic mass is 79.9. The fourth-order valence-electron chi connectivity index (χ4n) is 1.79. The summed E-state index contributed by atoms with van der Waals surface area (Å²) >= 11 is 3.42. The van der Waals surface area contributed by atoms with Crippen LogP contribution in [0.3, 0.4) is 0 Å².